The van der Waals surface area contributed by atoms with Gasteiger partial charge < -0.3 is 56.3 Å². The Bertz CT molecular complexity index is 396. The maximum atomic E-state index is 10.1. The topological polar surface area (TPSA) is 201 Å². The third kappa shape index (κ3) is 5.11. The van der Waals surface area contributed by atoms with Crippen molar-refractivity contribution < 1.29 is 44.8 Å². The average molecular weight is 413 g/mol. The molecular formula is C12H26Cl2N2O9. The zero-order chi connectivity index (χ0) is 17.3. The van der Waals surface area contributed by atoms with Crippen LogP contribution in [0.25, 0.3) is 0 Å². The number of hydrogen-bond donors (Lipinski definition) is 8. The smallest absolute Gasteiger partial charge is 0.176 e. The molecule has 0 aliphatic carbocycles. The molecule has 10 N–H and O–H groups in total. The van der Waals surface area contributed by atoms with E-state index in [0.29, 0.717) is 0 Å². The van der Waals surface area contributed by atoms with Crippen LogP contribution < -0.4 is 11.5 Å². The van der Waals surface area contributed by atoms with Gasteiger partial charge in [-0.2, -0.15) is 0 Å². The molecule has 0 radical (unpaired) electrons. The predicted octanol–water partition coefficient (Wildman–Crippen LogP) is -4.62. The zero-order valence-corrected chi connectivity index (χ0v) is 14.7. The molecule has 2 aliphatic heterocycles. The largest absolute Gasteiger partial charge is 0.394 e. The molecule has 2 aliphatic rings. The van der Waals surface area contributed by atoms with Crippen LogP contribution in [0.15, 0.2) is 0 Å². The summed E-state index contributed by atoms with van der Waals surface area (Å²) in [7, 11) is 0. The Morgan fingerprint density at radius 3 is 1.84 bits per heavy atom. The van der Waals surface area contributed by atoms with E-state index in [-0.39, 0.29) is 24.8 Å². The molecule has 2 saturated heterocycles. The van der Waals surface area contributed by atoms with E-state index in [1.165, 1.54) is 0 Å². The summed E-state index contributed by atoms with van der Waals surface area (Å²) in [6.45, 7) is -1.17. The molecule has 13 heteroatoms. The highest BCUT2D eigenvalue weighted by molar-refractivity contribution is 5.85. The van der Waals surface area contributed by atoms with Gasteiger partial charge in [0.25, 0.3) is 0 Å². The molecule has 11 nitrogen and oxygen atoms in total. The fraction of sp³-hybridized carbons (Fsp3) is 1.00. The molecule has 0 aromatic heterocycles. The van der Waals surface area contributed by atoms with Crippen LogP contribution in [0.3, 0.4) is 0 Å². The van der Waals surface area contributed by atoms with Gasteiger partial charge in [-0.1, -0.05) is 0 Å². The fourth-order valence-electron chi connectivity index (χ4n) is 2.65. The van der Waals surface area contributed by atoms with Crippen molar-refractivity contribution in [3.8, 4) is 0 Å². The van der Waals surface area contributed by atoms with E-state index in [1.807, 2.05) is 0 Å². The SMILES string of the molecule is Cl.Cl.NC1C(OC2C(CO)OC(O)C(N)C2O)OC(CO)C(O)C1O. The van der Waals surface area contributed by atoms with E-state index >= 15 is 0 Å². The molecule has 2 rings (SSSR count). The summed E-state index contributed by atoms with van der Waals surface area (Å²) in [5.41, 5.74) is 11.3. The Balaban J connectivity index is 0.00000288. The van der Waals surface area contributed by atoms with E-state index in [1.54, 1.807) is 0 Å². The van der Waals surface area contributed by atoms with Crippen molar-refractivity contribution in [2.75, 3.05) is 13.2 Å². The number of aliphatic hydroxyl groups excluding tert-OH is 6. The molecule has 2 fully saturated rings. The summed E-state index contributed by atoms with van der Waals surface area (Å²) in [5, 5.41) is 57.7. The minimum Gasteiger partial charge on any atom is -0.394 e. The molecule has 152 valence electrons. The highest BCUT2D eigenvalue weighted by Gasteiger charge is 2.49. The van der Waals surface area contributed by atoms with Crippen LogP contribution >= 0.6 is 24.8 Å². The molecule has 2 heterocycles. The van der Waals surface area contributed by atoms with Gasteiger partial charge in [-0.15, -0.1) is 24.8 Å². The Morgan fingerprint density at radius 2 is 1.32 bits per heavy atom. The van der Waals surface area contributed by atoms with Gasteiger partial charge in [0, 0.05) is 0 Å². The lowest BCUT2D eigenvalue weighted by molar-refractivity contribution is -0.324. The van der Waals surface area contributed by atoms with Gasteiger partial charge in [0.15, 0.2) is 12.6 Å². The van der Waals surface area contributed by atoms with E-state index < -0.39 is 74.5 Å². The highest BCUT2D eigenvalue weighted by atomic mass is 35.5. The van der Waals surface area contributed by atoms with Crippen LogP contribution in [0.5, 0.6) is 0 Å². The Hall–Kier alpha value is 0.140. The molecule has 10 atom stereocenters. The van der Waals surface area contributed by atoms with Crippen molar-refractivity contribution >= 4 is 24.8 Å². The highest BCUT2D eigenvalue weighted by Crippen LogP contribution is 2.27. The second kappa shape index (κ2) is 10.5. The molecule has 0 saturated carbocycles. The second-order valence-electron chi connectivity index (χ2n) is 5.70. The van der Waals surface area contributed by atoms with E-state index in [4.69, 9.17) is 30.8 Å². The number of rotatable bonds is 4. The minimum absolute atomic E-state index is 0. The summed E-state index contributed by atoms with van der Waals surface area (Å²) in [6.07, 6.45) is -10.5. The van der Waals surface area contributed by atoms with Crippen molar-refractivity contribution in [1.29, 1.82) is 0 Å². The minimum atomic E-state index is -1.49. The van der Waals surface area contributed by atoms with Crippen molar-refractivity contribution in [2.24, 2.45) is 11.5 Å². The van der Waals surface area contributed by atoms with Crippen molar-refractivity contribution in [3.05, 3.63) is 0 Å². The predicted molar refractivity (Wildman–Crippen MR) is 87.1 cm³/mol. The molecule has 10 unspecified atom stereocenters. The van der Waals surface area contributed by atoms with Crippen molar-refractivity contribution in [1.82, 2.24) is 0 Å². The van der Waals surface area contributed by atoms with Gasteiger partial charge in [0.2, 0.25) is 0 Å². The molecule has 0 amide bonds. The number of nitrogens with two attached hydrogens (primary N) is 2. The number of aliphatic hydroxyl groups is 6. The van der Waals surface area contributed by atoms with Gasteiger partial charge in [0.1, 0.15) is 36.6 Å². The van der Waals surface area contributed by atoms with E-state index in [2.05, 4.69) is 0 Å². The van der Waals surface area contributed by atoms with Crippen LogP contribution in [-0.2, 0) is 14.2 Å². The molecule has 0 aromatic rings. The average Bonchev–Trinajstić information content (AvgIpc) is 2.55. The molecule has 0 aromatic carbocycles. The first-order valence-electron chi connectivity index (χ1n) is 7.23. The monoisotopic (exact) mass is 412 g/mol. The van der Waals surface area contributed by atoms with Gasteiger partial charge in [-0.25, -0.2) is 0 Å². The maximum absolute atomic E-state index is 10.1. The normalized spacial score (nSPS) is 47.5. The lowest BCUT2D eigenvalue weighted by Gasteiger charge is -2.45. The first-order chi connectivity index (χ1) is 10.8. The first-order valence-corrected chi connectivity index (χ1v) is 7.23. The quantitative estimate of drug-likeness (QED) is 0.220. The Kier molecular flexibility index (Phi) is 10.5. The zero-order valence-electron chi connectivity index (χ0n) is 13.1. The summed E-state index contributed by atoms with van der Waals surface area (Å²) in [4.78, 5) is 0. The maximum Gasteiger partial charge on any atom is 0.176 e. The fourth-order valence-corrected chi connectivity index (χ4v) is 2.65. The van der Waals surface area contributed by atoms with E-state index in [0.717, 1.165) is 0 Å². The van der Waals surface area contributed by atoms with Crippen LogP contribution in [0, 0.1) is 0 Å². The summed E-state index contributed by atoms with van der Waals surface area (Å²) < 4.78 is 15.8. The second-order valence-corrected chi connectivity index (χ2v) is 5.70. The number of ether oxygens (including phenoxy) is 3. The molecule has 0 spiro atoms. The van der Waals surface area contributed by atoms with Crippen LogP contribution in [0.1, 0.15) is 0 Å². The molecular weight excluding hydrogens is 387 g/mol. The lowest BCUT2D eigenvalue weighted by Crippen LogP contribution is -2.67. The Labute approximate surface area is 156 Å². The third-order valence-electron chi connectivity index (χ3n) is 4.14. The van der Waals surface area contributed by atoms with Gasteiger partial charge in [-0.3, -0.25) is 0 Å². The standard InChI is InChI=1S/C12H24N2O9.2ClH/c13-5-9(19)10(4(2-16)21-11(5)20)23-12-6(14)8(18)7(17)3(1-15)22-12;;/h3-12,15-20H,1-2,13-14H2;2*1H. The van der Waals surface area contributed by atoms with E-state index in [9.17, 15) is 25.5 Å². The van der Waals surface area contributed by atoms with Gasteiger partial charge in [-0.05, 0) is 0 Å². The van der Waals surface area contributed by atoms with Crippen LogP contribution in [0.4, 0.5) is 0 Å². The Morgan fingerprint density at radius 1 is 0.760 bits per heavy atom. The molecule has 25 heavy (non-hydrogen) atoms. The summed E-state index contributed by atoms with van der Waals surface area (Å²) >= 11 is 0. The first kappa shape index (κ1) is 25.1. The van der Waals surface area contributed by atoms with Crippen molar-refractivity contribution in [3.63, 3.8) is 0 Å². The lowest BCUT2D eigenvalue weighted by atomic mass is 9.95. The van der Waals surface area contributed by atoms with Crippen LogP contribution in [-0.4, -0.2) is 105 Å². The van der Waals surface area contributed by atoms with Gasteiger partial charge >= 0.3 is 0 Å². The third-order valence-corrected chi connectivity index (χ3v) is 4.14. The van der Waals surface area contributed by atoms with Crippen molar-refractivity contribution in [2.45, 2.75) is 61.3 Å². The number of halogens is 2. The number of hydrogen-bond acceptors (Lipinski definition) is 11. The summed E-state index contributed by atoms with van der Waals surface area (Å²) in [5.74, 6) is 0. The van der Waals surface area contributed by atoms with Gasteiger partial charge in [0.05, 0.1) is 25.3 Å². The molecule has 0 bridgehead atoms. The van der Waals surface area contributed by atoms with Crippen LogP contribution in [0.2, 0.25) is 0 Å². The summed E-state index contributed by atoms with van der Waals surface area (Å²) in [6, 6.07) is -2.37.